The van der Waals surface area contributed by atoms with Crippen molar-refractivity contribution in [3.05, 3.63) is 58.6 Å². The molecule has 1 amide bonds. The van der Waals surface area contributed by atoms with Crippen LogP contribution in [0.15, 0.2) is 42.5 Å². The standard InChI is InChI=1S/C22H22ClF4NO6/c1-32-16-7-6-13(9-18(20(30)31)34-12-22(26,27)21(24)25)8-14(16)10-28-19(29)11-33-17-5-3-2-4-15(17)23/h2-8,18,21H,9-12H2,1H3,(H,28,29)(H,30,31). The molecule has 0 radical (unpaired) electrons. The summed E-state index contributed by atoms with van der Waals surface area (Å²) in [5.41, 5.74) is 0.790. The van der Waals surface area contributed by atoms with Crippen LogP contribution in [-0.2, 0) is 27.3 Å². The number of aliphatic carboxylic acids is 1. The van der Waals surface area contributed by atoms with Crippen LogP contribution in [0.1, 0.15) is 11.1 Å². The largest absolute Gasteiger partial charge is 0.496 e. The number of hydrogen-bond acceptors (Lipinski definition) is 5. The Morgan fingerprint density at radius 2 is 1.85 bits per heavy atom. The fraction of sp³-hybridized carbons (Fsp3) is 0.364. The monoisotopic (exact) mass is 507 g/mol. The van der Waals surface area contributed by atoms with Crippen LogP contribution >= 0.6 is 11.6 Å². The van der Waals surface area contributed by atoms with E-state index < -0.39 is 36.9 Å². The van der Waals surface area contributed by atoms with Crippen molar-refractivity contribution in [2.24, 2.45) is 0 Å². The first-order valence-corrected chi connectivity index (χ1v) is 10.2. The molecule has 0 saturated heterocycles. The number of halogens is 5. The summed E-state index contributed by atoms with van der Waals surface area (Å²) in [6, 6.07) is 11.0. The number of benzene rings is 2. The molecule has 0 aliphatic carbocycles. The third-order valence-corrected chi connectivity index (χ3v) is 4.82. The highest BCUT2D eigenvalue weighted by Crippen LogP contribution is 2.25. The van der Waals surface area contributed by atoms with Crippen molar-refractivity contribution >= 4 is 23.5 Å². The number of carboxylic acids is 1. The summed E-state index contributed by atoms with van der Waals surface area (Å²) >= 11 is 5.96. The minimum absolute atomic E-state index is 0.0240. The Bertz CT molecular complexity index is 992. The smallest absolute Gasteiger partial charge is 0.333 e. The molecule has 12 heteroatoms. The molecule has 0 saturated carbocycles. The van der Waals surface area contributed by atoms with Crippen molar-refractivity contribution in [2.75, 3.05) is 20.3 Å². The second-order valence-corrected chi connectivity index (χ2v) is 7.45. The number of hydrogen-bond donors (Lipinski definition) is 2. The molecule has 0 spiro atoms. The van der Waals surface area contributed by atoms with E-state index in [2.05, 4.69) is 10.1 Å². The molecule has 2 aromatic carbocycles. The zero-order valence-electron chi connectivity index (χ0n) is 17.9. The first kappa shape index (κ1) is 27.2. The van der Waals surface area contributed by atoms with Gasteiger partial charge in [0.05, 0.1) is 12.1 Å². The van der Waals surface area contributed by atoms with Gasteiger partial charge >= 0.3 is 18.3 Å². The van der Waals surface area contributed by atoms with E-state index in [1.165, 1.54) is 25.3 Å². The Morgan fingerprint density at radius 1 is 1.15 bits per heavy atom. The van der Waals surface area contributed by atoms with E-state index in [1.54, 1.807) is 24.3 Å². The highest BCUT2D eigenvalue weighted by atomic mass is 35.5. The van der Waals surface area contributed by atoms with Gasteiger partial charge in [-0.15, -0.1) is 0 Å². The van der Waals surface area contributed by atoms with Gasteiger partial charge in [-0.3, -0.25) is 4.79 Å². The lowest BCUT2D eigenvalue weighted by Crippen LogP contribution is -2.37. The summed E-state index contributed by atoms with van der Waals surface area (Å²) in [4.78, 5) is 23.5. The van der Waals surface area contributed by atoms with Crippen LogP contribution in [0, 0.1) is 0 Å². The quantitative estimate of drug-likeness (QED) is 0.399. The van der Waals surface area contributed by atoms with Crippen LogP contribution in [0.5, 0.6) is 11.5 Å². The number of alkyl halides is 4. The normalized spacial score (nSPS) is 12.3. The molecule has 0 heterocycles. The van der Waals surface area contributed by atoms with Crippen LogP contribution in [0.25, 0.3) is 0 Å². The van der Waals surface area contributed by atoms with Crippen molar-refractivity contribution in [3.8, 4) is 11.5 Å². The Balaban J connectivity index is 2.01. The predicted octanol–water partition coefficient (Wildman–Crippen LogP) is 3.96. The van der Waals surface area contributed by atoms with E-state index in [9.17, 15) is 32.3 Å². The molecular formula is C22H22ClF4NO6. The average molecular weight is 508 g/mol. The summed E-state index contributed by atoms with van der Waals surface area (Å²) in [6.07, 6.45) is -6.15. The minimum Gasteiger partial charge on any atom is -0.496 e. The van der Waals surface area contributed by atoms with Crippen molar-refractivity contribution in [1.29, 1.82) is 0 Å². The minimum atomic E-state index is -4.48. The molecule has 34 heavy (non-hydrogen) atoms. The van der Waals surface area contributed by atoms with Crippen LogP contribution in [0.3, 0.4) is 0 Å². The molecule has 2 aromatic rings. The first-order chi connectivity index (χ1) is 16.0. The van der Waals surface area contributed by atoms with Crippen molar-refractivity contribution in [1.82, 2.24) is 5.32 Å². The summed E-state index contributed by atoms with van der Waals surface area (Å²) in [6.45, 7) is -2.09. The molecule has 1 atom stereocenters. The van der Waals surface area contributed by atoms with Crippen LogP contribution in [0.4, 0.5) is 17.6 Å². The molecule has 0 aromatic heterocycles. The second kappa shape index (κ2) is 12.4. The van der Waals surface area contributed by atoms with Crippen LogP contribution in [-0.4, -0.2) is 55.8 Å². The second-order valence-electron chi connectivity index (χ2n) is 7.05. The van der Waals surface area contributed by atoms with E-state index in [0.29, 0.717) is 27.6 Å². The highest BCUT2D eigenvalue weighted by Gasteiger charge is 2.42. The Kier molecular flexibility index (Phi) is 9.94. The number of ether oxygens (including phenoxy) is 3. The van der Waals surface area contributed by atoms with Crippen LogP contribution in [0.2, 0.25) is 5.02 Å². The fourth-order valence-corrected chi connectivity index (χ4v) is 2.94. The molecule has 0 aliphatic heterocycles. The van der Waals surface area contributed by atoms with Gasteiger partial charge in [0.1, 0.15) is 18.1 Å². The number of rotatable bonds is 13. The number of methoxy groups -OCH3 is 1. The Labute approximate surface area is 197 Å². The Hall–Kier alpha value is -3.05. The van der Waals surface area contributed by atoms with Gasteiger partial charge < -0.3 is 24.6 Å². The zero-order valence-corrected chi connectivity index (χ0v) is 18.7. The number of carboxylic acid groups (broad SMARTS) is 1. The van der Waals surface area contributed by atoms with Gasteiger partial charge in [0.15, 0.2) is 12.7 Å². The molecular weight excluding hydrogens is 486 g/mol. The van der Waals surface area contributed by atoms with Gasteiger partial charge in [0.2, 0.25) is 0 Å². The topological polar surface area (TPSA) is 94.1 Å². The van der Waals surface area contributed by atoms with E-state index >= 15 is 0 Å². The fourth-order valence-electron chi connectivity index (χ4n) is 2.75. The van der Waals surface area contributed by atoms with E-state index in [0.717, 1.165) is 0 Å². The van der Waals surface area contributed by atoms with Crippen LogP contribution < -0.4 is 14.8 Å². The van der Waals surface area contributed by atoms with E-state index in [-0.39, 0.29) is 19.6 Å². The lowest BCUT2D eigenvalue weighted by molar-refractivity contribution is -0.185. The molecule has 0 bridgehead atoms. The van der Waals surface area contributed by atoms with Gasteiger partial charge in [-0.05, 0) is 23.8 Å². The van der Waals surface area contributed by atoms with Gasteiger partial charge in [0.25, 0.3) is 5.91 Å². The SMILES string of the molecule is COc1ccc(CC(OCC(F)(F)C(F)F)C(=O)O)cc1CNC(=O)COc1ccccc1Cl. The summed E-state index contributed by atoms with van der Waals surface area (Å²) in [5.74, 6) is -5.85. The maximum Gasteiger partial charge on any atom is 0.333 e. The number of carbonyl (C=O) groups excluding carboxylic acids is 1. The summed E-state index contributed by atoms with van der Waals surface area (Å²) < 4.78 is 65.9. The van der Waals surface area contributed by atoms with Gasteiger partial charge in [-0.2, -0.15) is 8.78 Å². The van der Waals surface area contributed by atoms with Crippen molar-refractivity contribution in [3.63, 3.8) is 0 Å². The lowest BCUT2D eigenvalue weighted by atomic mass is 10.0. The maximum atomic E-state index is 13.1. The predicted molar refractivity (Wildman–Crippen MR) is 114 cm³/mol. The maximum absolute atomic E-state index is 13.1. The lowest BCUT2D eigenvalue weighted by Gasteiger charge is -2.20. The molecule has 2 rings (SSSR count). The first-order valence-electron chi connectivity index (χ1n) is 9.83. The van der Waals surface area contributed by atoms with Gasteiger partial charge in [-0.1, -0.05) is 35.9 Å². The molecule has 0 aliphatic rings. The number of amides is 1. The van der Waals surface area contributed by atoms with Crippen molar-refractivity contribution in [2.45, 2.75) is 31.4 Å². The zero-order chi connectivity index (χ0) is 25.3. The molecule has 1 unspecified atom stereocenters. The Morgan fingerprint density at radius 3 is 2.47 bits per heavy atom. The van der Waals surface area contributed by atoms with E-state index in [1.807, 2.05) is 0 Å². The third kappa shape index (κ3) is 8.07. The summed E-state index contributed by atoms with van der Waals surface area (Å²) in [5, 5.41) is 12.2. The molecule has 7 nitrogen and oxygen atoms in total. The van der Waals surface area contributed by atoms with Gasteiger partial charge in [-0.25, -0.2) is 13.6 Å². The number of carbonyl (C=O) groups is 2. The number of para-hydroxylation sites is 1. The highest BCUT2D eigenvalue weighted by molar-refractivity contribution is 6.32. The molecule has 2 N–H and O–H groups in total. The number of nitrogens with one attached hydrogen (secondary N) is 1. The molecule has 186 valence electrons. The van der Waals surface area contributed by atoms with Gasteiger partial charge in [0, 0.05) is 18.5 Å². The average Bonchev–Trinajstić information content (AvgIpc) is 2.79. The summed E-state index contributed by atoms with van der Waals surface area (Å²) in [7, 11) is 1.39. The third-order valence-electron chi connectivity index (χ3n) is 4.51. The van der Waals surface area contributed by atoms with E-state index in [4.69, 9.17) is 21.1 Å². The van der Waals surface area contributed by atoms with Crippen molar-refractivity contribution < 1.29 is 46.5 Å². The molecule has 0 fully saturated rings.